The molecule has 1 unspecified atom stereocenters. The van der Waals surface area contributed by atoms with Crippen LogP contribution in [0.3, 0.4) is 0 Å². The van der Waals surface area contributed by atoms with Crippen molar-refractivity contribution < 1.29 is 4.79 Å². The SMILES string of the molecule is NCC1CCCN(C(=O)c2ccc(Cl)cc2Br)C1. The molecule has 2 rings (SSSR count). The molecule has 3 nitrogen and oxygen atoms in total. The maximum Gasteiger partial charge on any atom is 0.255 e. The monoisotopic (exact) mass is 330 g/mol. The molecule has 1 amide bonds. The lowest BCUT2D eigenvalue weighted by molar-refractivity contribution is 0.0677. The number of likely N-dealkylation sites (tertiary alicyclic amines) is 1. The van der Waals surface area contributed by atoms with Crippen LogP contribution in [0.2, 0.25) is 5.02 Å². The van der Waals surface area contributed by atoms with Crippen LogP contribution >= 0.6 is 27.5 Å². The number of amides is 1. The Morgan fingerprint density at radius 3 is 3.00 bits per heavy atom. The van der Waals surface area contributed by atoms with E-state index in [-0.39, 0.29) is 5.91 Å². The Morgan fingerprint density at radius 1 is 1.56 bits per heavy atom. The van der Waals surface area contributed by atoms with Gasteiger partial charge in [-0.05, 0) is 59.4 Å². The first-order valence-corrected chi connectivity index (χ1v) is 7.23. The molecule has 0 saturated carbocycles. The number of benzene rings is 1. The van der Waals surface area contributed by atoms with Gasteiger partial charge in [-0.3, -0.25) is 4.79 Å². The van der Waals surface area contributed by atoms with E-state index in [0.29, 0.717) is 23.0 Å². The molecule has 1 aromatic rings. The van der Waals surface area contributed by atoms with E-state index in [1.807, 2.05) is 4.90 Å². The maximum absolute atomic E-state index is 12.4. The number of hydrogen-bond acceptors (Lipinski definition) is 2. The Morgan fingerprint density at radius 2 is 2.33 bits per heavy atom. The van der Waals surface area contributed by atoms with Gasteiger partial charge < -0.3 is 10.6 Å². The second-order valence-corrected chi connectivity index (χ2v) is 5.91. The summed E-state index contributed by atoms with van der Waals surface area (Å²) in [5.74, 6) is 0.477. The Labute approximate surface area is 120 Å². The molecule has 0 spiro atoms. The molecule has 0 aromatic heterocycles. The van der Waals surface area contributed by atoms with Crippen molar-refractivity contribution >= 4 is 33.4 Å². The molecule has 1 aliphatic heterocycles. The smallest absolute Gasteiger partial charge is 0.255 e. The lowest BCUT2D eigenvalue weighted by atomic mass is 9.97. The van der Waals surface area contributed by atoms with Crippen molar-refractivity contribution in [2.75, 3.05) is 19.6 Å². The van der Waals surface area contributed by atoms with Gasteiger partial charge in [0.15, 0.2) is 0 Å². The highest BCUT2D eigenvalue weighted by molar-refractivity contribution is 9.10. The van der Waals surface area contributed by atoms with Gasteiger partial charge in [-0.2, -0.15) is 0 Å². The number of halogens is 2. The van der Waals surface area contributed by atoms with Gasteiger partial charge in [0.25, 0.3) is 5.91 Å². The standard InChI is InChI=1S/C13H16BrClN2O/c14-12-6-10(15)3-4-11(12)13(18)17-5-1-2-9(7-16)8-17/h3-4,6,9H,1-2,5,7-8,16H2. The number of carbonyl (C=O) groups excluding carboxylic acids is 1. The fourth-order valence-corrected chi connectivity index (χ4v) is 3.13. The van der Waals surface area contributed by atoms with E-state index in [1.165, 1.54) is 0 Å². The molecule has 1 aromatic carbocycles. The largest absolute Gasteiger partial charge is 0.338 e. The minimum absolute atomic E-state index is 0.0525. The highest BCUT2D eigenvalue weighted by atomic mass is 79.9. The van der Waals surface area contributed by atoms with E-state index in [0.717, 1.165) is 30.4 Å². The van der Waals surface area contributed by atoms with E-state index in [2.05, 4.69) is 15.9 Å². The van der Waals surface area contributed by atoms with Crippen molar-refractivity contribution in [2.24, 2.45) is 11.7 Å². The third kappa shape index (κ3) is 3.05. The summed E-state index contributed by atoms with van der Waals surface area (Å²) >= 11 is 9.27. The van der Waals surface area contributed by atoms with Gasteiger partial charge in [-0.25, -0.2) is 0 Å². The van der Waals surface area contributed by atoms with Crippen LogP contribution in [0.1, 0.15) is 23.2 Å². The van der Waals surface area contributed by atoms with Crippen molar-refractivity contribution in [1.29, 1.82) is 0 Å². The van der Waals surface area contributed by atoms with E-state index in [9.17, 15) is 4.79 Å². The normalized spacial score (nSPS) is 19.9. The molecule has 0 bridgehead atoms. The molecule has 1 saturated heterocycles. The van der Waals surface area contributed by atoms with Crippen LogP contribution in [0, 0.1) is 5.92 Å². The Balaban J connectivity index is 2.15. The first kappa shape index (κ1) is 13.8. The van der Waals surface area contributed by atoms with Crippen LogP contribution < -0.4 is 5.73 Å². The molecular weight excluding hydrogens is 316 g/mol. The number of rotatable bonds is 2. The first-order chi connectivity index (χ1) is 8.61. The molecule has 5 heteroatoms. The summed E-state index contributed by atoms with van der Waals surface area (Å²) in [5, 5.41) is 0.622. The van der Waals surface area contributed by atoms with Crippen molar-refractivity contribution in [2.45, 2.75) is 12.8 Å². The number of hydrogen-bond donors (Lipinski definition) is 1. The van der Waals surface area contributed by atoms with Crippen molar-refractivity contribution in [3.05, 3.63) is 33.3 Å². The number of carbonyl (C=O) groups is 1. The molecule has 1 heterocycles. The zero-order valence-electron chi connectivity index (χ0n) is 10.0. The van der Waals surface area contributed by atoms with E-state index in [4.69, 9.17) is 17.3 Å². The maximum atomic E-state index is 12.4. The Hall–Kier alpha value is -0.580. The average Bonchev–Trinajstić information content (AvgIpc) is 2.38. The van der Waals surface area contributed by atoms with E-state index in [1.54, 1.807) is 18.2 Å². The third-order valence-corrected chi connectivity index (χ3v) is 4.19. The van der Waals surface area contributed by atoms with E-state index >= 15 is 0 Å². The van der Waals surface area contributed by atoms with Crippen LogP contribution in [0.15, 0.2) is 22.7 Å². The van der Waals surface area contributed by atoms with Gasteiger partial charge >= 0.3 is 0 Å². The third-order valence-electron chi connectivity index (χ3n) is 3.30. The second kappa shape index (κ2) is 6.04. The zero-order valence-corrected chi connectivity index (χ0v) is 12.4. The highest BCUT2D eigenvalue weighted by Crippen LogP contribution is 2.25. The highest BCUT2D eigenvalue weighted by Gasteiger charge is 2.24. The van der Waals surface area contributed by atoms with Crippen molar-refractivity contribution in [1.82, 2.24) is 4.90 Å². The van der Waals surface area contributed by atoms with Crippen LogP contribution in [0.4, 0.5) is 0 Å². The number of nitrogens with zero attached hydrogens (tertiary/aromatic N) is 1. The molecule has 0 aliphatic carbocycles. The van der Waals surface area contributed by atoms with Crippen LogP contribution in [-0.2, 0) is 0 Å². The fourth-order valence-electron chi connectivity index (χ4n) is 2.28. The molecule has 0 radical (unpaired) electrons. The minimum atomic E-state index is 0.0525. The van der Waals surface area contributed by atoms with Crippen LogP contribution in [0.5, 0.6) is 0 Å². The quantitative estimate of drug-likeness (QED) is 0.905. The summed E-state index contributed by atoms with van der Waals surface area (Å²) in [6.07, 6.45) is 2.14. The molecule has 18 heavy (non-hydrogen) atoms. The summed E-state index contributed by atoms with van der Waals surface area (Å²) < 4.78 is 0.745. The summed E-state index contributed by atoms with van der Waals surface area (Å²) in [7, 11) is 0. The Kier molecular flexibility index (Phi) is 4.65. The van der Waals surface area contributed by atoms with Crippen LogP contribution in [-0.4, -0.2) is 30.4 Å². The van der Waals surface area contributed by atoms with Crippen molar-refractivity contribution in [3.63, 3.8) is 0 Å². The van der Waals surface area contributed by atoms with Gasteiger partial charge in [0.1, 0.15) is 0 Å². The molecule has 98 valence electrons. The topological polar surface area (TPSA) is 46.3 Å². The van der Waals surface area contributed by atoms with Gasteiger partial charge in [-0.1, -0.05) is 11.6 Å². The van der Waals surface area contributed by atoms with Gasteiger partial charge in [-0.15, -0.1) is 0 Å². The summed E-state index contributed by atoms with van der Waals surface area (Å²) in [6.45, 7) is 2.21. The van der Waals surface area contributed by atoms with Gasteiger partial charge in [0, 0.05) is 22.6 Å². The van der Waals surface area contributed by atoms with E-state index < -0.39 is 0 Å². The lowest BCUT2D eigenvalue weighted by Gasteiger charge is -2.32. The summed E-state index contributed by atoms with van der Waals surface area (Å²) in [5.41, 5.74) is 6.35. The van der Waals surface area contributed by atoms with Crippen LogP contribution in [0.25, 0.3) is 0 Å². The van der Waals surface area contributed by atoms with Crippen molar-refractivity contribution in [3.8, 4) is 0 Å². The first-order valence-electron chi connectivity index (χ1n) is 6.06. The summed E-state index contributed by atoms with van der Waals surface area (Å²) in [6, 6.07) is 5.25. The number of piperidine rings is 1. The number of nitrogens with two attached hydrogens (primary N) is 1. The zero-order chi connectivity index (χ0) is 13.1. The predicted molar refractivity (Wildman–Crippen MR) is 76.8 cm³/mol. The van der Waals surface area contributed by atoms with Gasteiger partial charge in [0.2, 0.25) is 0 Å². The predicted octanol–water partition coefficient (Wildman–Crippen LogP) is 2.91. The fraction of sp³-hybridized carbons (Fsp3) is 0.462. The lowest BCUT2D eigenvalue weighted by Crippen LogP contribution is -2.42. The molecule has 1 fully saturated rings. The van der Waals surface area contributed by atoms with Gasteiger partial charge in [0.05, 0.1) is 5.56 Å². The second-order valence-electron chi connectivity index (χ2n) is 4.62. The molecule has 1 atom stereocenters. The molecular formula is C13H16BrClN2O. The summed E-state index contributed by atoms with van der Waals surface area (Å²) in [4.78, 5) is 14.3. The molecule has 1 aliphatic rings. The molecule has 2 N–H and O–H groups in total. The minimum Gasteiger partial charge on any atom is -0.338 e. The Bertz CT molecular complexity index is 453. The average molecular weight is 332 g/mol.